The fraction of sp³-hybridized carbons (Fsp3) is 0.500. The molecule has 2 aromatic carbocycles. The van der Waals surface area contributed by atoms with Crippen molar-refractivity contribution < 1.29 is 32.2 Å². The summed E-state index contributed by atoms with van der Waals surface area (Å²) in [5.41, 5.74) is 1.04. The monoisotopic (exact) mass is 559 g/mol. The summed E-state index contributed by atoms with van der Waals surface area (Å²) < 4.78 is 42.8. The van der Waals surface area contributed by atoms with Gasteiger partial charge in [0.1, 0.15) is 18.3 Å². The van der Waals surface area contributed by atoms with Crippen molar-refractivity contribution in [2.24, 2.45) is 0 Å². The SMILES string of the molecule is CC[C@H](C(=O)NC1CCCCC1)N(Cc1cccc(OC)c1)C(=O)CN(c1ccc2c(c1)OCO2)S(C)(=O)=O. The third-order valence-electron chi connectivity index (χ3n) is 7.15. The van der Waals surface area contributed by atoms with Crippen LogP contribution in [0, 0.1) is 0 Å². The summed E-state index contributed by atoms with van der Waals surface area (Å²) >= 11 is 0. The van der Waals surface area contributed by atoms with E-state index in [4.69, 9.17) is 14.2 Å². The number of amides is 2. The number of carbonyl (C=O) groups excluding carboxylic acids is 2. The first-order chi connectivity index (χ1) is 18.7. The second-order valence-corrected chi connectivity index (χ2v) is 11.9. The summed E-state index contributed by atoms with van der Waals surface area (Å²) in [6, 6.07) is 11.3. The summed E-state index contributed by atoms with van der Waals surface area (Å²) in [5, 5.41) is 3.14. The summed E-state index contributed by atoms with van der Waals surface area (Å²) in [6.07, 6.45) is 6.53. The Morgan fingerprint density at radius 2 is 1.82 bits per heavy atom. The van der Waals surface area contributed by atoms with Crippen LogP contribution in [0.15, 0.2) is 42.5 Å². The Hall–Kier alpha value is -3.47. The number of carbonyl (C=O) groups is 2. The maximum absolute atomic E-state index is 13.9. The highest BCUT2D eigenvalue weighted by molar-refractivity contribution is 7.92. The van der Waals surface area contributed by atoms with E-state index in [2.05, 4.69) is 5.32 Å². The first-order valence-corrected chi connectivity index (χ1v) is 15.1. The van der Waals surface area contributed by atoms with Gasteiger partial charge < -0.3 is 24.4 Å². The van der Waals surface area contributed by atoms with Crippen molar-refractivity contribution in [2.45, 2.75) is 64.1 Å². The average molecular weight is 560 g/mol. The Morgan fingerprint density at radius 1 is 1.08 bits per heavy atom. The van der Waals surface area contributed by atoms with E-state index in [9.17, 15) is 18.0 Å². The Morgan fingerprint density at radius 3 is 2.51 bits per heavy atom. The molecular weight excluding hydrogens is 522 g/mol. The van der Waals surface area contributed by atoms with E-state index in [1.54, 1.807) is 31.4 Å². The lowest BCUT2D eigenvalue weighted by Gasteiger charge is -2.34. The number of fused-ring (bicyclic) bond motifs is 1. The van der Waals surface area contributed by atoms with E-state index in [0.29, 0.717) is 23.7 Å². The van der Waals surface area contributed by atoms with Gasteiger partial charge in [0.05, 0.1) is 19.1 Å². The van der Waals surface area contributed by atoms with Gasteiger partial charge in [-0.1, -0.05) is 38.3 Å². The first-order valence-electron chi connectivity index (χ1n) is 13.3. The number of nitrogens with one attached hydrogen (secondary N) is 1. The lowest BCUT2D eigenvalue weighted by Crippen LogP contribution is -2.53. The summed E-state index contributed by atoms with van der Waals surface area (Å²) in [7, 11) is -2.29. The molecule has 1 N–H and O–H groups in total. The molecule has 1 heterocycles. The first kappa shape index (κ1) is 28.5. The summed E-state index contributed by atoms with van der Waals surface area (Å²) in [6.45, 7) is 1.53. The van der Waals surface area contributed by atoms with Gasteiger partial charge in [0, 0.05) is 18.7 Å². The number of benzene rings is 2. The van der Waals surface area contributed by atoms with Crippen LogP contribution < -0.4 is 23.8 Å². The number of hydrogen-bond donors (Lipinski definition) is 1. The van der Waals surface area contributed by atoms with Gasteiger partial charge in [0.25, 0.3) is 0 Å². The molecule has 11 heteroatoms. The smallest absolute Gasteiger partial charge is 0.244 e. The number of rotatable bonds is 11. The zero-order valence-corrected chi connectivity index (χ0v) is 23.5. The third-order valence-corrected chi connectivity index (χ3v) is 8.29. The fourth-order valence-electron chi connectivity index (χ4n) is 5.09. The van der Waals surface area contributed by atoms with Crippen molar-refractivity contribution in [3.63, 3.8) is 0 Å². The molecule has 212 valence electrons. The Bertz CT molecular complexity index is 1280. The van der Waals surface area contributed by atoms with Crippen LogP contribution in [0.3, 0.4) is 0 Å². The Kier molecular flexibility index (Phi) is 9.21. The predicted octanol–water partition coefficient (Wildman–Crippen LogP) is 3.45. The number of hydrogen-bond acceptors (Lipinski definition) is 7. The van der Waals surface area contributed by atoms with Crippen LogP contribution in [0.25, 0.3) is 0 Å². The van der Waals surface area contributed by atoms with E-state index in [1.807, 2.05) is 19.1 Å². The standard InChI is InChI=1S/C28H37N3O7S/c1-4-24(28(33)29-21-10-6-5-7-11-21)30(17-20-9-8-12-23(15-20)36-2)27(32)18-31(39(3,34)35)22-13-14-25-26(16-22)38-19-37-25/h8-9,12-16,21,24H,4-7,10-11,17-19H2,1-3H3,(H,29,33)/t24-/m1/s1. The highest BCUT2D eigenvalue weighted by Gasteiger charge is 2.33. The molecule has 4 rings (SSSR count). The third kappa shape index (κ3) is 7.14. The molecule has 0 radical (unpaired) electrons. The van der Waals surface area contributed by atoms with Crippen molar-refractivity contribution in [1.29, 1.82) is 0 Å². The van der Waals surface area contributed by atoms with Crippen LogP contribution in [0.1, 0.15) is 51.0 Å². The van der Waals surface area contributed by atoms with Gasteiger partial charge in [-0.25, -0.2) is 8.42 Å². The van der Waals surface area contributed by atoms with E-state index in [1.165, 1.54) is 11.0 Å². The van der Waals surface area contributed by atoms with Crippen LogP contribution >= 0.6 is 0 Å². The molecule has 1 fully saturated rings. The molecule has 1 aliphatic carbocycles. The minimum atomic E-state index is -3.85. The quantitative estimate of drug-likeness (QED) is 0.449. The van der Waals surface area contributed by atoms with Crippen LogP contribution in [-0.2, 0) is 26.2 Å². The number of ether oxygens (including phenoxy) is 3. The van der Waals surface area contributed by atoms with Gasteiger partial charge in [-0.3, -0.25) is 13.9 Å². The van der Waals surface area contributed by atoms with Gasteiger partial charge in [-0.15, -0.1) is 0 Å². The fourth-order valence-corrected chi connectivity index (χ4v) is 5.93. The zero-order chi connectivity index (χ0) is 28.0. The van der Waals surface area contributed by atoms with E-state index in [-0.39, 0.29) is 31.0 Å². The van der Waals surface area contributed by atoms with Crippen molar-refractivity contribution in [1.82, 2.24) is 10.2 Å². The molecule has 39 heavy (non-hydrogen) atoms. The van der Waals surface area contributed by atoms with E-state index in [0.717, 1.165) is 48.2 Å². The van der Waals surface area contributed by atoms with E-state index >= 15 is 0 Å². The molecule has 2 aromatic rings. The van der Waals surface area contributed by atoms with Gasteiger partial charge in [0.15, 0.2) is 11.5 Å². The molecule has 2 amide bonds. The molecule has 0 unspecified atom stereocenters. The molecule has 0 aromatic heterocycles. The molecule has 0 saturated heterocycles. The van der Waals surface area contributed by atoms with Gasteiger partial charge in [-0.05, 0) is 49.1 Å². The van der Waals surface area contributed by atoms with Crippen LogP contribution in [0.2, 0.25) is 0 Å². The largest absolute Gasteiger partial charge is 0.497 e. The minimum Gasteiger partial charge on any atom is -0.497 e. The predicted molar refractivity (Wildman–Crippen MR) is 147 cm³/mol. The van der Waals surface area contributed by atoms with Gasteiger partial charge in [-0.2, -0.15) is 0 Å². The van der Waals surface area contributed by atoms with Crippen molar-refractivity contribution in [3.8, 4) is 17.2 Å². The summed E-state index contributed by atoms with van der Waals surface area (Å²) in [5.74, 6) is 0.808. The highest BCUT2D eigenvalue weighted by Crippen LogP contribution is 2.36. The lowest BCUT2D eigenvalue weighted by atomic mass is 9.95. The molecule has 1 aliphatic heterocycles. The zero-order valence-electron chi connectivity index (χ0n) is 22.7. The minimum absolute atomic E-state index is 0.0409. The molecule has 1 atom stereocenters. The second kappa shape index (κ2) is 12.6. The molecule has 1 saturated carbocycles. The Balaban J connectivity index is 1.63. The van der Waals surface area contributed by atoms with Gasteiger partial charge in [0.2, 0.25) is 28.6 Å². The van der Waals surface area contributed by atoms with Crippen molar-refractivity contribution in [2.75, 3.05) is 31.0 Å². The van der Waals surface area contributed by atoms with Crippen LogP contribution in [0.5, 0.6) is 17.2 Å². The maximum Gasteiger partial charge on any atom is 0.244 e. The Labute approximate surface area is 230 Å². The number of anilines is 1. The summed E-state index contributed by atoms with van der Waals surface area (Å²) in [4.78, 5) is 28.9. The average Bonchev–Trinajstić information content (AvgIpc) is 3.39. The van der Waals surface area contributed by atoms with Crippen molar-refractivity contribution >= 4 is 27.5 Å². The van der Waals surface area contributed by atoms with Crippen LogP contribution in [-0.4, -0.2) is 63.9 Å². The number of nitrogens with zero attached hydrogens (tertiary/aromatic N) is 2. The van der Waals surface area contributed by atoms with Gasteiger partial charge >= 0.3 is 0 Å². The molecule has 10 nitrogen and oxygen atoms in total. The van der Waals surface area contributed by atoms with Crippen LogP contribution in [0.4, 0.5) is 5.69 Å². The lowest BCUT2D eigenvalue weighted by molar-refractivity contribution is -0.140. The normalized spacial score (nSPS) is 15.9. The molecule has 2 aliphatic rings. The topological polar surface area (TPSA) is 114 Å². The molecular formula is C28H37N3O7S. The highest BCUT2D eigenvalue weighted by atomic mass is 32.2. The maximum atomic E-state index is 13.9. The molecule has 0 bridgehead atoms. The van der Waals surface area contributed by atoms with E-state index < -0.39 is 28.5 Å². The second-order valence-electron chi connectivity index (χ2n) is 9.95. The molecule has 0 spiro atoms. The van der Waals surface area contributed by atoms with Crippen molar-refractivity contribution in [3.05, 3.63) is 48.0 Å². The number of methoxy groups -OCH3 is 1. The number of sulfonamides is 1.